The fourth-order valence-corrected chi connectivity index (χ4v) is 3.17. The summed E-state index contributed by atoms with van der Waals surface area (Å²) in [5.41, 5.74) is 0.830. The number of nitrogens with zero attached hydrogens (tertiary/aromatic N) is 1. The van der Waals surface area contributed by atoms with Gasteiger partial charge in [0, 0.05) is 18.9 Å². The van der Waals surface area contributed by atoms with Crippen molar-refractivity contribution in [2.24, 2.45) is 0 Å². The maximum absolute atomic E-state index is 12.2. The van der Waals surface area contributed by atoms with Crippen LogP contribution in [0.4, 0.5) is 0 Å². The molecule has 1 aromatic carbocycles. The third-order valence-electron chi connectivity index (χ3n) is 2.96. The summed E-state index contributed by atoms with van der Waals surface area (Å²) in [6.07, 6.45) is 3.14. The number of hydrogen-bond donors (Lipinski definition) is 0. The zero-order chi connectivity index (χ0) is 16.8. The highest BCUT2D eigenvalue weighted by Crippen LogP contribution is 2.32. The predicted octanol–water partition coefficient (Wildman–Crippen LogP) is 1.59. The largest absolute Gasteiger partial charge is 0.550 e. The lowest BCUT2D eigenvalue weighted by atomic mass is 10.2. The quantitative estimate of drug-likeness (QED) is 0.423. The van der Waals surface area contributed by atoms with E-state index in [9.17, 15) is 14.7 Å². The molecule has 2 rings (SSSR count). The van der Waals surface area contributed by atoms with E-state index in [0.717, 1.165) is 17.3 Å². The van der Waals surface area contributed by atoms with E-state index in [4.69, 9.17) is 17.0 Å². The van der Waals surface area contributed by atoms with Gasteiger partial charge in [-0.3, -0.25) is 9.69 Å². The van der Waals surface area contributed by atoms with Crippen molar-refractivity contribution in [3.05, 3.63) is 47.4 Å². The molecular weight excluding hydrogens is 334 g/mol. The summed E-state index contributed by atoms with van der Waals surface area (Å²) in [7, 11) is 0. The zero-order valence-electron chi connectivity index (χ0n) is 12.2. The van der Waals surface area contributed by atoms with E-state index in [0.29, 0.717) is 21.6 Å². The Balaban J connectivity index is 2.07. The number of ether oxygens (including phenoxy) is 1. The van der Waals surface area contributed by atoms with E-state index >= 15 is 0 Å². The summed E-state index contributed by atoms with van der Waals surface area (Å²) in [5, 5.41) is 10.5. The maximum atomic E-state index is 12.2. The van der Waals surface area contributed by atoms with Gasteiger partial charge in [-0.2, -0.15) is 0 Å². The molecule has 1 aliphatic rings. The average molecular weight is 348 g/mol. The molecule has 0 aromatic heterocycles. The number of thioether (sulfide) groups is 1. The third-order valence-corrected chi connectivity index (χ3v) is 4.34. The van der Waals surface area contributed by atoms with Gasteiger partial charge in [-0.15, -0.1) is 0 Å². The van der Waals surface area contributed by atoms with E-state index in [1.54, 1.807) is 24.3 Å². The van der Waals surface area contributed by atoms with Gasteiger partial charge in [-0.1, -0.05) is 48.8 Å². The summed E-state index contributed by atoms with van der Waals surface area (Å²) in [5.74, 6) is -0.782. The first-order valence-corrected chi connectivity index (χ1v) is 8.02. The number of carboxylic acid groups (broad SMARTS) is 1. The molecule has 0 N–H and O–H groups in total. The van der Waals surface area contributed by atoms with Crippen LogP contribution >= 0.6 is 24.0 Å². The van der Waals surface area contributed by atoms with E-state index in [1.165, 1.54) is 4.90 Å². The third kappa shape index (κ3) is 4.67. The molecule has 0 aliphatic carbocycles. The van der Waals surface area contributed by atoms with Gasteiger partial charge in [-0.05, 0) is 23.8 Å². The molecule has 1 amide bonds. The first-order valence-electron chi connectivity index (χ1n) is 6.80. The van der Waals surface area contributed by atoms with Crippen molar-refractivity contribution in [1.82, 2.24) is 4.90 Å². The number of aliphatic carboxylic acids is 1. The lowest BCUT2D eigenvalue weighted by Crippen LogP contribution is -2.33. The van der Waals surface area contributed by atoms with Crippen molar-refractivity contribution in [1.29, 1.82) is 0 Å². The van der Waals surface area contributed by atoms with Crippen molar-refractivity contribution >= 4 is 46.3 Å². The van der Waals surface area contributed by atoms with Crippen molar-refractivity contribution < 1.29 is 19.4 Å². The highest BCUT2D eigenvalue weighted by Gasteiger charge is 2.31. The molecule has 1 aromatic rings. The number of carbonyl (C=O) groups excluding carboxylic acids is 2. The molecule has 23 heavy (non-hydrogen) atoms. The fraction of sp³-hybridized carbons (Fsp3) is 0.188. The van der Waals surface area contributed by atoms with E-state index in [2.05, 4.69) is 6.58 Å². The van der Waals surface area contributed by atoms with Crippen LogP contribution in [0.25, 0.3) is 6.08 Å². The number of hydrogen-bond acceptors (Lipinski definition) is 6. The molecule has 120 valence electrons. The number of benzene rings is 1. The molecule has 0 radical (unpaired) electrons. The number of carbonyl (C=O) groups is 2. The predicted molar refractivity (Wildman–Crippen MR) is 91.6 cm³/mol. The first kappa shape index (κ1) is 17.2. The van der Waals surface area contributed by atoms with Crippen molar-refractivity contribution in [2.45, 2.75) is 6.42 Å². The maximum Gasteiger partial charge on any atom is 0.266 e. The van der Waals surface area contributed by atoms with Crippen LogP contribution in [0.5, 0.6) is 5.75 Å². The minimum Gasteiger partial charge on any atom is -0.550 e. The number of thiocarbonyl (C=S) groups is 1. The van der Waals surface area contributed by atoms with Crippen LogP contribution in [0.3, 0.4) is 0 Å². The van der Waals surface area contributed by atoms with Crippen molar-refractivity contribution in [3.63, 3.8) is 0 Å². The van der Waals surface area contributed by atoms with Crippen LogP contribution in [0.1, 0.15) is 12.0 Å². The van der Waals surface area contributed by atoms with Crippen LogP contribution < -0.4 is 9.84 Å². The highest BCUT2D eigenvalue weighted by atomic mass is 32.2. The average Bonchev–Trinajstić information content (AvgIpc) is 2.78. The highest BCUT2D eigenvalue weighted by molar-refractivity contribution is 8.26. The van der Waals surface area contributed by atoms with Crippen LogP contribution in [-0.4, -0.2) is 34.2 Å². The molecule has 1 saturated heterocycles. The van der Waals surface area contributed by atoms with Gasteiger partial charge in [0.25, 0.3) is 5.91 Å². The van der Waals surface area contributed by atoms with Gasteiger partial charge < -0.3 is 14.6 Å². The van der Waals surface area contributed by atoms with E-state index in [-0.39, 0.29) is 18.9 Å². The zero-order valence-corrected chi connectivity index (χ0v) is 13.8. The van der Waals surface area contributed by atoms with Gasteiger partial charge in [0.05, 0.1) is 4.91 Å². The number of carboxylic acids is 1. The fourth-order valence-electron chi connectivity index (χ4n) is 1.86. The van der Waals surface area contributed by atoms with Crippen molar-refractivity contribution in [2.75, 3.05) is 13.2 Å². The lowest BCUT2D eigenvalue weighted by Gasteiger charge is -2.14. The molecule has 1 heterocycles. The molecule has 0 unspecified atom stereocenters. The standard InChI is InChI=1S/C16H15NO4S2/c1-2-9-21-12-5-3-11(4-6-12)10-13-15(20)17(16(22)23-13)8-7-14(18)19/h2-6,10H,1,7-9H2,(H,18,19)/p-1/b13-10+. The number of amides is 1. The molecular formula is C16H14NO4S2-. The molecule has 7 heteroatoms. The summed E-state index contributed by atoms with van der Waals surface area (Å²) in [4.78, 5) is 24.5. The van der Waals surface area contributed by atoms with Gasteiger partial charge >= 0.3 is 0 Å². The van der Waals surface area contributed by atoms with Crippen LogP contribution in [0, 0.1) is 0 Å². The van der Waals surface area contributed by atoms with Gasteiger partial charge in [0.15, 0.2) is 0 Å². The molecule has 5 nitrogen and oxygen atoms in total. The second-order valence-electron chi connectivity index (χ2n) is 4.62. The lowest BCUT2D eigenvalue weighted by molar-refractivity contribution is -0.305. The molecule has 0 spiro atoms. The molecule has 0 bridgehead atoms. The van der Waals surface area contributed by atoms with Gasteiger partial charge in [-0.25, -0.2) is 0 Å². The van der Waals surface area contributed by atoms with Crippen LogP contribution in [0.2, 0.25) is 0 Å². The Morgan fingerprint density at radius 3 is 2.70 bits per heavy atom. The van der Waals surface area contributed by atoms with E-state index < -0.39 is 5.97 Å². The monoisotopic (exact) mass is 348 g/mol. The normalized spacial score (nSPS) is 16.0. The smallest absolute Gasteiger partial charge is 0.266 e. The Morgan fingerprint density at radius 2 is 2.09 bits per heavy atom. The second kappa shape index (κ2) is 7.94. The molecule has 1 aliphatic heterocycles. The summed E-state index contributed by atoms with van der Waals surface area (Å²) >= 11 is 6.27. The van der Waals surface area contributed by atoms with Crippen LogP contribution in [0.15, 0.2) is 41.8 Å². The Kier molecular flexibility index (Phi) is 5.95. The van der Waals surface area contributed by atoms with Crippen LogP contribution in [-0.2, 0) is 9.59 Å². The summed E-state index contributed by atoms with van der Waals surface area (Å²) in [6, 6.07) is 7.25. The topological polar surface area (TPSA) is 69.7 Å². The minimum absolute atomic E-state index is 0.0265. The molecule has 1 fully saturated rings. The second-order valence-corrected chi connectivity index (χ2v) is 6.30. The Bertz CT molecular complexity index is 667. The molecule has 0 saturated carbocycles. The SMILES string of the molecule is C=CCOc1ccc(/C=C2/SC(=S)N(CCC(=O)[O-])C2=O)cc1. The minimum atomic E-state index is -1.21. The molecule has 0 atom stereocenters. The summed E-state index contributed by atoms with van der Waals surface area (Å²) in [6.45, 7) is 4.03. The Hall–Kier alpha value is -2.12. The van der Waals surface area contributed by atoms with Crippen molar-refractivity contribution in [3.8, 4) is 5.75 Å². The first-order chi connectivity index (χ1) is 11.0. The van der Waals surface area contributed by atoms with E-state index in [1.807, 2.05) is 12.1 Å². The Labute approximate surface area is 143 Å². The van der Waals surface area contributed by atoms with Gasteiger partial charge in [0.2, 0.25) is 0 Å². The summed E-state index contributed by atoms with van der Waals surface area (Å²) < 4.78 is 5.74. The van der Waals surface area contributed by atoms with Gasteiger partial charge in [0.1, 0.15) is 16.7 Å². The Morgan fingerprint density at radius 1 is 1.39 bits per heavy atom. The number of rotatable bonds is 7.